The lowest BCUT2D eigenvalue weighted by Crippen LogP contribution is -2.27. The van der Waals surface area contributed by atoms with Crippen molar-refractivity contribution in [2.75, 3.05) is 18.5 Å². The van der Waals surface area contributed by atoms with Gasteiger partial charge in [-0.25, -0.2) is 4.79 Å². The largest absolute Gasteiger partial charge is 0.481 e. The smallest absolute Gasteiger partial charge is 0.411 e. The number of aryl methyl sites for hydroxylation is 1. The molecule has 0 aromatic heterocycles. The SMILES string of the molecule is Cc1ccc(NC(=O)OCC2c3ccccc3-c3ccccc32)c(C(=O)NCCC(=O)O)c1. The fourth-order valence-electron chi connectivity index (χ4n) is 4.08. The number of rotatable bonds is 7. The summed E-state index contributed by atoms with van der Waals surface area (Å²) in [7, 11) is 0. The van der Waals surface area contributed by atoms with Crippen LogP contribution < -0.4 is 10.6 Å². The van der Waals surface area contributed by atoms with Gasteiger partial charge in [-0.3, -0.25) is 14.9 Å². The first-order valence-electron chi connectivity index (χ1n) is 10.7. The third-order valence-corrected chi connectivity index (χ3v) is 5.62. The minimum Gasteiger partial charge on any atom is -0.481 e. The minimum atomic E-state index is -1.00. The van der Waals surface area contributed by atoms with Crippen LogP contribution in [0.1, 0.15) is 39.4 Å². The van der Waals surface area contributed by atoms with Gasteiger partial charge in [-0.1, -0.05) is 60.2 Å². The van der Waals surface area contributed by atoms with Crippen LogP contribution in [0.15, 0.2) is 66.7 Å². The highest BCUT2D eigenvalue weighted by Crippen LogP contribution is 2.44. The molecule has 4 rings (SSSR count). The fourth-order valence-corrected chi connectivity index (χ4v) is 4.08. The molecule has 7 heteroatoms. The lowest BCUT2D eigenvalue weighted by Gasteiger charge is -2.16. The average molecular weight is 444 g/mol. The van der Waals surface area contributed by atoms with Crippen LogP contribution in [0.25, 0.3) is 11.1 Å². The van der Waals surface area contributed by atoms with E-state index in [2.05, 4.69) is 22.8 Å². The van der Waals surface area contributed by atoms with E-state index >= 15 is 0 Å². The van der Waals surface area contributed by atoms with Crippen LogP contribution in [-0.2, 0) is 9.53 Å². The molecule has 0 aliphatic heterocycles. The number of aliphatic carboxylic acids is 1. The zero-order valence-corrected chi connectivity index (χ0v) is 18.1. The summed E-state index contributed by atoms with van der Waals surface area (Å²) in [6, 6.07) is 21.2. The number of nitrogens with one attached hydrogen (secondary N) is 2. The van der Waals surface area contributed by atoms with E-state index in [0.717, 1.165) is 27.8 Å². The van der Waals surface area contributed by atoms with Crippen molar-refractivity contribution in [1.82, 2.24) is 5.32 Å². The van der Waals surface area contributed by atoms with Gasteiger partial charge in [-0.05, 0) is 41.3 Å². The Morgan fingerprint density at radius 1 is 0.939 bits per heavy atom. The summed E-state index contributed by atoms with van der Waals surface area (Å²) >= 11 is 0. The number of amides is 2. The van der Waals surface area contributed by atoms with Gasteiger partial charge in [-0.2, -0.15) is 0 Å². The summed E-state index contributed by atoms with van der Waals surface area (Å²) in [6.45, 7) is 1.98. The Bertz CT molecular complexity index is 1180. The molecule has 3 aromatic carbocycles. The molecule has 0 saturated carbocycles. The van der Waals surface area contributed by atoms with E-state index in [1.807, 2.05) is 43.3 Å². The Kier molecular flexibility index (Phi) is 6.40. The number of carbonyl (C=O) groups excluding carboxylic acids is 2. The van der Waals surface area contributed by atoms with Crippen molar-refractivity contribution in [2.24, 2.45) is 0 Å². The number of carbonyl (C=O) groups is 3. The lowest BCUT2D eigenvalue weighted by molar-refractivity contribution is -0.136. The molecular weight excluding hydrogens is 420 g/mol. The fraction of sp³-hybridized carbons (Fsp3) is 0.192. The molecule has 0 spiro atoms. The number of carboxylic acid groups (broad SMARTS) is 1. The van der Waals surface area contributed by atoms with Gasteiger partial charge in [0.1, 0.15) is 6.61 Å². The zero-order chi connectivity index (χ0) is 23.4. The highest BCUT2D eigenvalue weighted by atomic mass is 16.5. The van der Waals surface area contributed by atoms with Gasteiger partial charge >= 0.3 is 12.1 Å². The van der Waals surface area contributed by atoms with Gasteiger partial charge in [0.25, 0.3) is 5.91 Å². The van der Waals surface area contributed by atoms with Gasteiger partial charge in [0.05, 0.1) is 17.7 Å². The van der Waals surface area contributed by atoms with Crippen molar-refractivity contribution >= 4 is 23.7 Å². The Labute approximate surface area is 191 Å². The van der Waals surface area contributed by atoms with Crippen molar-refractivity contribution in [2.45, 2.75) is 19.3 Å². The van der Waals surface area contributed by atoms with Crippen LogP contribution in [0.5, 0.6) is 0 Å². The predicted octanol–water partition coefficient (Wildman–Crippen LogP) is 4.56. The van der Waals surface area contributed by atoms with E-state index in [9.17, 15) is 14.4 Å². The molecule has 0 saturated heterocycles. The van der Waals surface area contributed by atoms with Gasteiger partial charge in [0, 0.05) is 12.5 Å². The molecule has 0 heterocycles. The highest BCUT2D eigenvalue weighted by molar-refractivity contribution is 6.03. The number of hydrogen-bond acceptors (Lipinski definition) is 4. The standard InChI is InChI=1S/C26H24N2O5/c1-16-10-11-23(21(14-16)25(31)27-13-12-24(29)30)28-26(32)33-15-22-19-8-4-2-6-17(19)18-7-3-5-9-20(18)22/h2-11,14,22H,12-13,15H2,1H3,(H,27,31)(H,28,32)(H,29,30). The Morgan fingerprint density at radius 2 is 1.58 bits per heavy atom. The van der Waals surface area contributed by atoms with Gasteiger partial charge < -0.3 is 15.2 Å². The third-order valence-electron chi connectivity index (χ3n) is 5.62. The highest BCUT2D eigenvalue weighted by Gasteiger charge is 2.29. The van der Waals surface area contributed by atoms with E-state index in [1.54, 1.807) is 18.2 Å². The number of benzene rings is 3. The number of anilines is 1. The normalized spacial score (nSPS) is 11.9. The molecule has 2 amide bonds. The number of ether oxygens (including phenoxy) is 1. The molecule has 0 bridgehead atoms. The quantitative estimate of drug-likeness (QED) is 0.496. The van der Waals surface area contributed by atoms with Crippen LogP contribution in [-0.4, -0.2) is 36.2 Å². The molecule has 1 aliphatic rings. The number of hydrogen-bond donors (Lipinski definition) is 3. The molecule has 1 aliphatic carbocycles. The van der Waals surface area contributed by atoms with Gasteiger partial charge in [0.2, 0.25) is 0 Å². The number of fused-ring (bicyclic) bond motifs is 3. The maximum atomic E-state index is 12.6. The first kappa shape index (κ1) is 22.1. The predicted molar refractivity (Wildman–Crippen MR) is 124 cm³/mol. The Morgan fingerprint density at radius 3 is 2.21 bits per heavy atom. The van der Waals surface area contributed by atoms with E-state index in [4.69, 9.17) is 9.84 Å². The van der Waals surface area contributed by atoms with Crippen LogP contribution in [0.2, 0.25) is 0 Å². The molecule has 168 valence electrons. The maximum absolute atomic E-state index is 12.6. The molecule has 7 nitrogen and oxygen atoms in total. The second kappa shape index (κ2) is 9.56. The summed E-state index contributed by atoms with van der Waals surface area (Å²) in [5.41, 5.74) is 5.87. The summed E-state index contributed by atoms with van der Waals surface area (Å²) in [5.74, 6) is -1.54. The Balaban J connectivity index is 1.45. The van der Waals surface area contributed by atoms with Crippen molar-refractivity contribution in [3.8, 4) is 11.1 Å². The molecule has 3 aromatic rings. The van der Waals surface area contributed by atoms with Crippen LogP contribution in [0.4, 0.5) is 10.5 Å². The molecule has 0 fully saturated rings. The van der Waals surface area contributed by atoms with Crippen LogP contribution in [0.3, 0.4) is 0 Å². The van der Waals surface area contributed by atoms with E-state index < -0.39 is 18.0 Å². The molecule has 0 radical (unpaired) electrons. The van der Waals surface area contributed by atoms with Crippen molar-refractivity contribution in [3.63, 3.8) is 0 Å². The number of carboxylic acids is 1. The first-order chi connectivity index (χ1) is 15.9. The van der Waals surface area contributed by atoms with Gasteiger partial charge in [0.15, 0.2) is 0 Å². The topological polar surface area (TPSA) is 105 Å². The third kappa shape index (κ3) is 4.87. The van der Waals surface area contributed by atoms with Crippen molar-refractivity contribution < 1.29 is 24.2 Å². The molecule has 0 atom stereocenters. The Hall–Kier alpha value is -4.13. The average Bonchev–Trinajstić information content (AvgIpc) is 3.12. The van der Waals surface area contributed by atoms with Crippen molar-refractivity contribution in [1.29, 1.82) is 0 Å². The van der Waals surface area contributed by atoms with Crippen LogP contribution in [0, 0.1) is 6.92 Å². The molecule has 33 heavy (non-hydrogen) atoms. The van der Waals surface area contributed by atoms with E-state index in [-0.39, 0.29) is 31.1 Å². The van der Waals surface area contributed by atoms with Gasteiger partial charge in [-0.15, -0.1) is 0 Å². The van der Waals surface area contributed by atoms with Crippen molar-refractivity contribution in [3.05, 3.63) is 89.0 Å². The molecule has 0 unspecified atom stereocenters. The summed E-state index contributed by atoms with van der Waals surface area (Å²) in [4.78, 5) is 35.8. The zero-order valence-electron chi connectivity index (χ0n) is 18.1. The summed E-state index contributed by atoms with van der Waals surface area (Å²) in [6.07, 6.45) is -0.854. The molecule has 3 N–H and O–H groups in total. The van der Waals surface area contributed by atoms with Crippen LogP contribution >= 0.6 is 0 Å². The van der Waals surface area contributed by atoms with E-state index in [1.165, 1.54) is 0 Å². The monoisotopic (exact) mass is 444 g/mol. The maximum Gasteiger partial charge on any atom is 0.411 e. The summed E-state index contributed by atoms with van der Waals surface area (Å²) in [5, 5.41) is 14.0. The first-order valence-corrected chi connectivity index (χ1v) is 10.7. The second-order valence-electron chi connectivity index (χ2n) is 7.90. The van der Waals surface area contributed by atoms with E-state index in [0.29, 0.717) is 5.69 Å². The lowest BCUT2D eigenvalue weighted by atomic mass is 9.98. The molecular formula is C26H24N2O5. The second-order valence-corrected chi connectivity index (χ2v) is 7.90. The summed E-state index contributed by atoms with van der Waals surface area (Å²) < 4.78 is 5.56. The minimum absolute atomic E-state index is 0.00745.